The summed E-state index contributed by atoms with van der Waals surface area (Å²) < 4.78 is 0. The summed E-state index contributed by atoms with van der Waals surface area (Å²) in [7, 11) is 0. The molecule has 8 N–H and O–H groups in total. The number of nitrogens with zero attached hydrogens (tertiary/aromatic N) is 5. The highest BCUT2D eigenvalue weighted by molar-refractivity contribution is 5.99. The van der Waals surface area contributed by atoms with Crippen molar-refractivity contribution in [3.05, 3.63) is 310 Å². The van der Waals surface area contributed by atoms with E-state index in [1.807, 2.05) is 114 Å². The first kappa shape index (κ1) is 94.4. The minimum Gasteiger partial charge on any atom is -0.351 e. The van der Waals surface area contributed by atoms with Gasteiger partial charge in [0.05, 0.1) is 18.1 Å². The van der Waals surface area contributed by atoms with E-state index in [-0.39, 0.29) is 89.4 Å². The van der Waals surface area contributed by atoms with Crippen molar-refractivity contribution in [3.63, 3.8) is 0 Å². The molecule has 0 saturated carbocycles. The molecule has 0 spiro atoms. The normalized spacial score (nSPS) is 19.6. The fourth-order valence-electron chi connectivity index (χ4n) is 18.2. The third-order valence-electron chi connectivity index (χ3n) is 25.9. The molecule has 0 aliphatic carbocycles. The summed E-state index contributed by atoms with van der Waals surface area (Å²) >= 11 is 0. The van der Waals surface area contributed by atoms with Gasteiger partial charge in [-0.05, 0) is 200 Å². The Hall–Kier alpha value is -10.7. The Labute approximate surface area is 750 Å². The summed E-state index contributed by atoms with van der Waals surface area (Å²) in [5.74, 6) is 1.93. The van der Waals surface area contributed by atoms with Crippen molar-refractivity contribution in [2.45, 2.75) is 184 Å². The molecule has 0 bridgehead atoms. The maximum absolute atomic E-state index is 14.2. The summed E-state index contributed by atoms with van der Waals surface area (Å²) in [5, 5.41) is 22.3. The van der Waals surface area contributed by atoms with Gasteiger partial charge >= 0.3 is 0 Å². The number of hydrogen-bond acceptors (Lipinski definition) is 12. The fourth-order valence-corrected chi connectivity index (χ4v) is 18.2. The third kappa shape index (κ3) is 28.9. The van der Waals surface area contributed by atoms with Crippen molar-refractivity contribution in [2.75, 3.05) is 105 Å². The molecule has 7 atom stereocenters. The quantitative estimate of drug-likeness (QED) is 0.0191. The van der Waals surface area contributed by atoms with E-state index in [9.17, 15) is 28.8 Å². The van der Waals surface area contributed by atoms with Gasteiger partial charge in [-0.1, -0.05) is 285 Å². The summed E-state index contributed by atoms with van der Waals surface area (Å²) in [6.07, 6.45) is 18.9. The molecule has 126 heavy (non-hydrogen) atoms. The predicted molar refractivity (Wildman–Crippen MR) is 514 cm³/mol. The topological polar surface area (TPSA) is 217 Å². The number of piperidine rings is 2. The second-order valence-corrected chi connectivity index (χ2v) is 36.0. The van der Waals surface area contributed by atoms with Crippen molar-refractivity contribution in [2.24, 2.45) is 11.7 Å². The van der Waals surface area contributed by atoms with Crippen molar-refractivity contribution >= 4 is 58.4 Å². The van der Waals surface area contributed by atoms with Crippen LogP contribution in [0.2, 0.25) is 0 Å². The maximum atomic E-state index is 14.2. The largest absolute Gasteiger partial charge is 0.351 e. The Bertz CT molecular complexity index is 4790. The van der Waals surface area contributed by atoms with Crippen LogP contribution in [0.15, 0.2) is 255 Å². The maximum Gasteiger partial charge on any atom is 0.251 e. The Morgan fingerprint density at radius 1 is 0.381 bits per heavy atom. The number of benzene rings is 9. The van der Waals surface area contributed by atoms with Crippen LogP contribution in [0.25, 0.3) is 22.9 Å². The molecule has 5 fully saturated rings. The van der Waals surface area contributed by atoms with E-state index in [1.54, 1.807) is 12.2 Å². The van der Waals surface area contributed by atoms with E-state index >= 15 is 0 Å². The van der Waals surface area contributed by atoms with Gasteiger partial charge in [0.2, 0.25) is 29.5 Å². The molecule has 5 saturated heterocycles. The van der Waals surface area contributed by atoms with Gasteiger partial charge in [-0.25, -0.2) is 0 Å². The lowest BCUT2D eigenvalue weighted by Gasteiger charge is -2.32. The molecule has 5 heterocycles. The standard InChI is InChI=1S/C39H50N4O2.C35H46N4O2.C34H42N4O2/c1-30(2)32-19-16-31(17-20-32)18-21-38(44)40-28-35-22-27-43(39(45)37(41-35)23-26-42-24-10-5-11-25-42)29-36(33-12-6-3-7-13-33)34-14-8-4-9-15-34;1-26(2)32(28-12-5-3-6-13-28)25-39-22-17-31(37-33(35(39)41)18-21-38-19-9-4-10-20-38)24-36-34(40)30-16-15-27-11-7-8-14-29(27)23-30;1-25(2)27-16-13-26(14-17-27)15-18-33(39)36-23-30-20-22-38(34(40)32(37-30)19-21-35)24-31(28-9-5-3-6-10-28)29-11-7-4-8-12-29/h3-4,6-9,12-21,30,35-37,41H,5,10-11,22-29H2,1-2H3,(H,40,44);3,5-8,11-16,23,26,31-33,37H,4,9-10,17-22,24-25H2,1-2H3,(H,36,40);3-18,25,30-32,37H,19-24,35H2,1-2H3,(H,36,39)/b21-18+;;18-15+/t35-,37-;31-,32-,33-;30-,32-/m000/s1. The van der Waals surface area contributed by atoms with Gasteiger partial charge in [0.15, 0.2) is 0 Å². The molecule has 0 aromatic heterocycles. The molecular weight excluding hydrogens is 1560 g/mol. The first-order chi connectivity index (χ1) is 61.4. The highest BCUT2D eigenvalue weighted by atomic mass is 16.2. The minimum atomic E-state index is -0.378. The second-order valence-electron chi connectivity index (χ2n) is 36.0. The lowest BCUT2D eigenvalue weighted by atomic mass is 9.87. The van der Waals surface area contributed by atoms with Crippen LogP contribution in [0.1, 0.15) is 209 Å². The zero-order valence-electron chi connectivity index (χ0n) is 75.4. The average molecular weight is 1700 g/mol. The van der Waals surface area contributed by atoms with Crippen LogP contribution in [0.5, 0.6) is 0 Å². The van der Waals surface area contributed by atoms with E-state index in [1.165, 1.54) is 77.5 Å². The monoisotopic (exact) mass is 1700 g/mol. The Kier molecular flexibility index (Phi) is 37.0. The number of fused-ring (bicyclic) bond motifs is 1. The SMILES string of the molecule is CC(C)[C@H](CN1CC[C@@H](CNC(=O)c2ccc3ccccc3c2)N[C@@H](CCN2CCCCC2)C1=O)c1ccccc1.CC(C)c1ccc(/C=C/C(=O)NC[C@@H]2CCN(CC(c3ccccc3)c3ccccc3)C(=O)[C@H](CCN)N2)cc1.CC(C)c1ccc(/C=C/C(=O)NC[C@@H]2CCN(CC(c3ccccc3)c3ccccc3)C(=O)[C@H](CCN3CCCCC3)N2)cc1. The summed E-state index contributed by atoms with van der Waals surface area (Å²) in [6.45, 7) is 25.2. The van der Waals surface area contributed by atoms with Crippen molar-refractivity contribution in [1.82, 2.24) is 56.4 Å². The Morgan fingerprint density at radius 3 is 1.10 bits per heavy atom. The zero-order valence-corrected chi connectivity index (χ0v) is 75.4. The highest BCUT2D eigenvalue weighted by Crippen LogP contribution is 2.32. The molecule has 0 radical (unpaired) electrons. The van der Waals surface area contributed by atoms with Crippen LogP contribution in [0.4, 0.5) is 0 Å². The molecule has 9 aromatic carbocycles. The number of nitrogens with two attached hydrogens (primary N) is 1. The van der Waals surface area contributed by atoms with Gasteiger partial charge in [0.25, 0.3) is 5.91 Å². The van der Waals surface area contributed by atoms with Gasteiger partial charge in [-0.2, -0.15) is 0 Å². The first-order valence-corrected chi connectivity index (χ1v) is 46.8. The second kappa shape index (κ2) is 49.4. The van der Waals surface area contributed by atoms with Gasteiger partial charge in [0, 0.05) is 126 Å². The van der Waals surface area contributed by atoms with Gasteiger partial charge in [0.1, 0.15) is 0 Å². The number of hydrogen-bond donors (Lipinski definition) is 7. The summed E-state index contributed by atoms with van der Waals surface area (Å²) in [5.41, 5.74) is 17.2. The molecule has 6 amide bonds. The number of carbonyl (C=O) groups is 6. The first-order valence-electron chi connectivity index (χ1n) is 46.8. The van der Waals surface area contributed by atoms with Crippen LogP contribution in [-0.4, -0.2) is 201 Å². The Balaban J connectivity index is 0.000000172. The molecule has 14 rings (SSSR count). The molecule has 0 unspecified atom stereocenters. The van der Waals surface area contributed by atoms with Crippen molar-refractivity contribution in [3.8, 4) is 0 Å². The third-order valence-corrected chi connectivity index (χ3v) is 25.9. The van der Waals surface area contributed by atoms with Crippen LogP contribution in [0, 0.1) is 5.92 Å². The molecule has 9 aromatic rings. The van der Waals surface area contributed by atoms with E-state index in [2.05, 4.69) is 239 Å². The predicted octanol–water partition coefficient (Wildman–Crippen LogP) is 16.3. The Morgan fingerprint density at radius 2 is 0.730 bits per heavy atom. The van der Waals surface area contributed by atoms with Crippen molar-refractivity contribution in [1.29, 1.82) is 0 Å². The minimum absolute atomic E-state index is 0.0138. The average Bonchev–Trinajstić information content (AvgIpc) is 1.51. The summed E-state index contributed by atoms with van der Waals surface area (Å²) in [6, 6.07) is 82.0. The lowest BCUT2D eigenvalue weighted by Crippen LogP contribution is -2.50. The van der Waals surface area contributed by atoms with Crippen LogP contribution in [0.3, 0.4) is 0 Å². The molecule has 5 aliphatic rings. The van der Waals surface area contributed by atoms with Gasteiger partial charge < -0.3 is 62.1 Å². The molecule has 18 heteroatoms. The number of nitrogens with one attached hydrogen (secondary N) is 6. The van der Waals surface area contributed by atoms with Gasteiger partial charge in [-0.15, -0.1) is 0 Å². The molecule has 18 nitrogen and oxygen atoms in total. The molecule has 666 valence electrons. The number of amides is 6. The van der Waals surface area contributed by atoms with Crippen LogP contribution < -0.4 is 37.6 Å². The zero-order chi connectivity index (χ0) is 88.4. The smallest absolute Gasteiger partial charge is 0.251 e. The fraction of sp³-hybridized carbons (Fsp3) is 0.426. The number of rotatable bonds is 33. The van der Waals surface area contributed by atoms with E-state index < -0.39 is 0 Å². The molecular formula is C108H138N12O6. The number of carbonyl (C=O) groups excluding carboxylic acids is 6. The van der Waals surface area contributed by atoms with E-state index in [4.69, 9.17) is 5.73 Å². The highest BCUT2D eigenvalue weighted by Gasteiger charge is 2.37. The van der Waals surface area contributed by atoms with Crippen LogP contribution >= 0.6 is 0 Å². The van der Waals surface area contributed by atoms with Crippen molar-refractivity contribution < 1.29 is 28.8 Å². The molecule has 5 aliphatic heterocycles. The number of likely N-dealkylation sites (tertiary alicyclic amines) is 2. The summed E-state index contributed by atoms with van der Waals surface area (Å²) in [4.78, 5) is 91.5. The lowest BCUT2D eigenvalue weighted by molar-refractivity contribution is -0.134. The van der Waals surface area contributed by atoms with Crippen LogP contribution in [-0.2, 0) is 24.0 Å². The van der Waals surface area contributed by atoms with E-state index in [0.717, 1.165) is 99.8 Å². The van der Waals surface area contributed by atoms with Gasteiger partial charge in [-0.3, -0.25) is 28.8 Å². The van der Waals surface area contributed by atoms with E-state index in [0.29, 0.717) is 88.6 Å².